The van der Waals surface area contributed by atoms with Gasteiger partial charge in [0.05, 0.1) is 17.0 Å². The normalized spacial score (nSPS) is 18.3. The zero-order chi connectivity index (χ0) is 21.7. The van der Waals surface area contributed by atoms with Crippen molar-refractivity contribution in [2.75, 3.05) is 13.7 Å². The number of nitrogens with zero attached hydrogens (tertiary/aromatic N) is 1. The summed E-state index contributed by atoms with van der Waals surface area (Å²) in [7, 11) is -2.26. The van der Waals surface area contributed by atoms with Crippen molar-refractivity contribution in [3.63, 3.8) is 0 Å². The van der Waals surface area contributed by atoms with Crippen molar-refractivity contribution in [1.82, 2.24) is 4.57 Å². The predicted octanol–water partition coefficient (Wildman–Crippen LogP) is 4.41. The number of halogens is 1. The fraction of sp³-hybridized carbons (Fsp3) is 0.318. The van der Waals surface area contributed by atoms with Gasteiger partial charge in [0.25, 0.3) is 0 Å². The van der Waals surface area contributed by atoms with Crippen LogP contribution >= 0.6 is 11.6 Å². The van der Waals surface area contributed by atoms with Crippen LogP contribution in [0.25, 0.3) is 10.9 Å². The number of fused-ring (bicyclic) bond motifs is 3. The van der Waals surface area contributed by atoms with E-state index in [0.717, 1.165) is 10.9 Å². The maximum atomic E-state index is 13.6. The van der Waals surface area contributed by atoms with E-state index >= 15 is 0 Å². The van der Waals surface area contributed by atoms with Gasteiger partial charge in [-0.2, -0.15) is 0 Å². The largest absolute Gasteiger partial charge is 0.464 e. The number of benzene rings is 2. The lowest BCUT2D eigenvalue weighted by Gasteiger charge is -2.34. The third kappa shape index (κ3) is 3.04. The maximum Gasteiger partial charge on any atom is 0.416 e. The molecule has 2 atom stereocenters. The van der Waals surface area contributed by atoms with E-state index in [9.17, 15) is 18.3 Å². The zero-order valence-corrected chi connectivity index (χ0v) is 18.2. The summed E-state index contributed by atoms with van der Waals surface area (Å²) < 4.78 is 32.6. The van der Waals surface area contributed by atoms with Crippen molar-refractivity contribution in [3.8, 4) is 0 Å². The summed E-state index contributed by atoms with van der Waals surface area (Å²) in [5, 5.41) is 11.1. The molecule has 6 nitrogen and oxygen atoms in total. The SMILES string of the molecule is COCC(C)(C1Cc2c(n(C(=O)O)c3ccc(Cl)cc23)C1)S(=O)(=O)c1ccccc1. The van der Waals surface area contributed by atoms with E-state index in [4.69, 9.17) is 16.3 Å². The van der Waals surface area contributed by atoms with Gasteiger partial charge in [-0.25, -0.2) is 17.8 Å². The van der Waals surface area contributed by atoms with E-state index in [2.05, 4.69) is 0 Å². The Morgan fingerprint density at radius 1 is 1.23 bits per heavy atom. The minimum Gasteiger partial charge on any atom is -0.464 e. The van der Waals surface area contributed by atoms with Gasteiger partial charge in [-0.3, -0.25) is 0 Å². The van der Waals surface area contributed by atoms with Gasteiger partial charge in [0.1, 0.15) is 4.75 Å². The van der Waals surface area contributed by atoms with E-state index in [1.807, 2.05) is 0 Å². The number of carboxylic acid groups (broad SMARTS) is 1. The van der Waals surface area contributed by atoms with E-state index in [1.165, 1.54) is 11.7 Å². The lowest BCUT2D eigenvalue weighted by atomic mass is 9.90. The standard InChI is InChI=1S/C22H22ClNO5S/c1-22(13-29-2,30(27,28)16-6-4-3-5-7-16)14-10-17-18-12-15(23)8-9-19(18)24(21(25)26)20(17)11-14/h3-9,12,14H,10-11,13H2,1-2H3,(H,25,26). The summed E-state index contributed by atoms with van der Waals surface area (Å²) in [6.45, 7) is 1.70. The van der Waals surface area contributed by atoms with Gasteiger partial charge in [0.15, 0.2) is 9.84 Å². The number of rotatable bonds is 5. The molecule has 0 aliphatic heterocycles. The van der Waals surface area contributed by atoms with Crippen molar-refractivity contribution in [1.29, 1.82) is 0 Å². The van der Waals surface area contributed by atoms with Crippen molar-refractivity contribution in [2.24, 2.45) is 5.92 Å². The third-order valence-corrected chi connectivity index (χ3v) is 8.99. The Morgan fingerprint density at radius 2 is 1.93 bits per heavy atom. The molecule has 0 saturated heterocycles. The number of carbonyl (C=O) groups is 1. The van der Waals surface area contributed by atoms with Gasteiger partial charge >= 0.3 is 6.09 Å². The molecule has 3 aromatic rings. The molecule has 1 aliphatic rings. The third-order valence-electron chi connectivity index (χ3n) is 6.19. The monoisotopic (exact) mass is 447 g/mol. The Morgan fingerprint density at radius 3 is 2.57 bits per heavy atom. The summed E-state index contributed by atoms with van der Waals surface area (Å²) in [4.78, 5) is 12.2. The second kappa shape index (κ2) is 7.41. The summed E-state index contributed by atoms with van der Waals surface area (Å²) in [5.74, 6) is -0.346. The van der Waals surface area contributed by atoms with Gasteiger partial charge in [-0.05, 0) is 61.6 Å². The van der Waals surface area contributed by atoms with Gasteiger partial charge < -0.3 is 9.84 Å². The Bertz CT molecular complexity index is 1240. The van der Waals surface area contributed by atoms with E-state index in [0.29, 0.717) is 29.1 Å². The minimum atomic E-state index is -3.74. The molecule has 0 amide bonds. The second-order valence-corrected chi connectivity index (χ2v) is 10.7. The molecule has 1 heterocycles. The quantitative estimate of drug-likeness (QED) is 0.625. The van der Waals surface area contributed by atoms with Crippen molar-refractivity contribution < 1.29 is 23.1 Å². The molecule has 0 radical (unpaired) electrons. The topological polar surface area (TPSA) is 85.6 Å². The van der Waals surface area contributed by atoms with Gasteiger partial charge in [-0.1, -0.05) is 29.8 Å². The molecule has 0 fully saturated rings. The summed E-state index contributed by atoms with van der Waals surface area (Å²) in [6.07, 6.45) is -0.346. The highest BCUT2D eigenvalue weighted by Gasteiger charge is 2.50. The van der Waals surface area contributed by atoms with Crippen LogP contribution in [0.5, 0.6) is 0 Å². The minimum absolute atomic E-state index is 0.00489. The van der Waals surface area contributed by atoms with Crippen LogP contribution in [0.2, 0.25) is 5.02 Å². The lowest BCUT2D eigenvalue weighted by Crippen LogP contribution is -2.47. The van der Waals surface area contributed by atoms with Gasteiger partial charge in [0.2, 0.25) is 0 Å². The van der Waals surface area contributed by atoms with Crippen LogP contribution in [0.4, 0.5) is 4.79 Å². The molecule has 1 aliphatic carbocycles. The van der Waals surface area contributed by atoms with Crippen LogP contribution in [-0.2, 0) is 27.4 Å². The highest BCUT2D eigenvalue weighted by molar-refractivity contribution is 7.92. The van der Waals surface area contributed by atoms with Gasteiger partial charge in [-0.15, -0.1) is 0 Å². The van der Waals surface area contributed by atoms with Crippen LogP contribution in [-0.4, -0.2) is 42.6 Å². The summed E-state index contributed by atoms with van der Waals surface area (Å²) in [6, 6.07) is 13.4. The molecule has 2 aromatic carbocycles. The van der Waals surface area contributed by atoms with Crippen LogP contribution in [0, 0.1) is 5.92 Å². The highest BCUT2D eigenvalue weighted by atomic mass is 35.5. The lowest BCUT2D eigenvalue weighted by molar-refractivity contribution is 0.144. The molecule has 8 heteroatoms. The number of methoxy groups -OCH3 is 1. The van der Waals surface area contributed by atoms with Crippen LogP contribution in [0.15, 0.2) is 53.4 Å². The van der Waals surface area contributed by atoms with Crippen LogP contribution in [0.3, 0.4) is 0 Å². The molecule has 2 unspecified atom stereocenters. The molecule has 1 N–H and O–H groups in total. The fourth-order valence-corrected chi connectivity index (χ4v) is 6.70. The number of hydrogen-bond acceptors (Lipinski definition) is 4. The first-order valence-electron chi connectivity index (χ1n) is 9.54. The van der Waals surface area contributed by atoms with E-state index in [-0.39, 0.29) is 17.4 Å². The number of hydrogen-bond donors (Lipinski definition) is 1. The zero-order valence-electron chi connectivity index (χ0n) is 16.6. The smallest absolute Gasteiger partial charge is 0.416 e. The average Bonchev–Trinajstić information content (AvgIpc) is 3.26. The van der Waals surface area contributed by atoms with Crippen molar-refractivity contribution in [3.05, 3.63) is 64.8 Å². The molecule has 0 bridgehead atoms. The average molecular weight is 448 g/mol. The molecular formula is C22H22ClNO5S. The van der Waals surface area contributed by atoms with Crippen molar-refractivity contribution >= 4 is 38.4 Å². The van der Waals surface area contributed by atoms with Crippen molar-refractivity contribution in [2.45, 2.75) is 29.4 Å². The number of sulfone groups is 1. The first kappa shape index (κ1) is 20.9. The molecule has 0 saturated carbocycles. The van der Waals surface area contributed by atoms with E-state index < -0.39 is 20.7 Å². The molecular weight excluding hydrogens is 426 g/mol. The second-order valence-electron chi connectivity index (χ2n) is 7.87. The maximum absolute atomic E-state index is 13.6. The first-order chi connectivity index (χ1) is 14.2. The Labute approximate surface area is 180 Å². The fourth-order valence-electron chi connectivity index (χ4n) is 4.60. The number of aromatic nitrogens is 1. The number of ether oxygens (including phenoxy) is 1. The Balaban J connectivity index is 1.84. The summed E-state index contributed by atoms with van der Waals surface area (Å²) in [5.41, 5.74) is 2.02. The molecule has 30 heavy (non-hydrogen) atoms. The van der Waals surface area contributed by atoms with E-state index in [1.54, 1.807) is 55.5 Å². The first-order valence-corrected chi connectivity index (χ1v) is 11.4. The Kier molecular flexibility index (Phi) is 5.16. The molecule has 4 rings (SSSR count). The highest BCUT2D eigenvalue weighted by Crippen LogP contribution is 2.44. The van der Waals surface area contributed by atoms with Gasteiger partial charge in [0, 0.05) is 23.2 Å². The molecule has 1 aromatic heterocycles. The Hall–Kier alpha value is -2.35. The molecule has 0 spiro atoms. The molecule has 158 valence electrons. The predicted molar refractivity (Wildman–Crippen MR) is 115 cm³/mol. The summed E-state index contributed by atoms with van der Waals surface area (Å²) >= 11 is 6.17. The van der Waals surface area contributed by atoms with Crippen LogP contribution in [0.1, 0.15) is 18.2 Å². The van der Waals surface area contributed by atoms with Crippen LogP contribution < -0.4 is 0 Å².